The van der Waals surface area contributed by atoms with Crippen molar-refractivity contribution in [1.82, 2.24) is 10.2 Å². The molecule has 1 heterocycles. The van der Waals surface area contributed by atoms with Crippen LogP contribution in [0.3, 0.4) is 0 Å². The summed E-state index contributed by atoms with van der Waals surface area (Å²) in [6, 6.07) is 5.66. The number of rotatable bonds is 5. The van der Waals surface area contributed by atoms with Crippen molar-refractivity contribution in [3.05, 3.63) is 33.8 Å². The number of carbonyl (C=O) groups is 1. The molecule has 4 nitrogen and oxygen atoms in total. The number of piperidine rings is 1. The zero-order valence-corrected chi connectivity index (χ0v) is 14.3. The van der Waals surface area contributed by atoms with Crippen LogP contribution >= 0.6 is 23.2 Å². The maximum atomic E-state index is 12.1. The summed E-state index contributed by atoms with van der Waals surface area (Å²) in [7, 11) is 0. The zero-order valence-electron chi connectivity index (χ0n) is 12.8. The van der Waals surface area contributed by atoms with Crippen molar-refractivity contribution < 1.29 is 4.79 Å². The fourth-order valence-corrected chi connectivity index (χ4v) is 3.40. The lowest BCUT2D eigenvalue weighted by molar-refractivity contribution is -0.126. The van der Waals surface area contributed by atoms with E-state index < -0.39 is 0 Å². The Morgan fingerprint density at radius 1 is 1.50 bits per heavy atom. The first-order valence-corrected chi connectivity index (χ1v) is 8.45. The number of hydrogen-bond acceptors (Lipinski definition) is 3. The lowest BCUT2D eigenvalue weighted by Crippen LogP contribution is -2.44. The highest BCUT2D eigenvalue weighted by Crippen LogP contribution is 2.32. The molecule has 122 valence electrons. The highest BCUT2D eigenvalue weighted by atomic mass is 35.5. The zero-order chi connectivity index (χ0) is 16.1. The quantitative estimate of drug-likeness (QED) is 0.864. The van der Waals surface area contributed by atoms with E-state index in [2.05, 4.69) is 17.1 Å². The number of halogens is 2. The van der Waals surface area contributed by atoms with Crippen LogP contribution in [0.25, 0.3) is 0 Å². The monoisotopic (exact) mass is 343 g/mol. The van der Waals surface area contributed by atoms with E-state index in [0.717, 1.165) is 31.5 Å². The number of carbonyl (C=O) groups excluding carboxylic acids is 1. The summed E-state index contributed by atoms with van der Waals surface area (Å²) in [6.45, 7) is 4.81. The molecule has 1 amide bonds. The number of amides is 1. The molecular formula is C16H23Cl2N3O. The Bertz CT molecular complexity index is 524. The van der Waals surface area contributed by atoms with E-state index in [1.165, 1.54) is 0 Å². The fraction of sp³-hybridized carbons (Fsp3) is 0.562. The van der Waals surface area contributed by atoms with E-state index in [9.17, 15) is 4.79 Å². The van der Waals surface area contributed by atoms with Crippen LogP contribution in [0.1, 0.15) is 31.4 Å². The second-order valence-corrected chi connectivity index (χ2v) is 6.60. The molecule has 0 spiro atoms. The van der Waals surface area contributed by atoms with Crippen LogP contribution in [0.15, 0.2) is 18.2 Å². The highest BCUT2D eigenvalue weighted by molar-refractivity contribution is 6.33. The lowest BCUT2D eigenvalue weighted by atomic mass is 9.94. The summed E-state index contributed by atoms with van der Waals surface area (Å²) in [5.74, 6) is 0.111. The van der Waals surface area contributed by atoms with Gasteiger partial charge in [0, 0.05) is 35.7 Å². The fourth-order valence-electron chi connectivity index (χ4n) is 2.94. The normalized spacial score (nSPS) is 20.6. The SMILES string of the molecule is CC(c1cc(Cl)ccc1Cl)N1CCCC(C(=O)NCCN)C1. The van der Waals surface area contributed by atoms with Crippen LogP contribution in [0.2, 0.25) is 10.0 Å². The molecule has 1 aliphatic rings. The van der Waals surface area contributed by atoms with Crippen LogP contribution in [-0.2, 0) is 4.79 Å². The molecule has 0 bridgehead atoms. The summed E-state index contributed by atoms with van der Waals surface area (Å²) in [4.78, 5) is 14.4. The number of benzene rings is 1. The van der Waals surface area contributed by atoms with Crippen molar-refractivity contribution >= 4 is 29.1 Å². The molecular weight excluding hydrogens is 321 g/mol. The van der Waals surface area contributed by atoms with Gasteiger partial charge in [0.2, 0.25) is 5.91 Å². The van der Waals surface area contributed by atoms with Gasteiger partial charge in [-0.25, -0.2) is 0 Å². The van der Waals surface area contributed by atoms with Gasteiger partial charge in [0.05, 0.1) is 5.92 Å². The Balaban J connectivity index is 2.05. The Kier molecular flexibility index (Phi) is 6.50. The molecule has 2 atom stereocenters. The second-order valence-electron chi connectivity index (χ2n) is 5.76. The number of nitrogens with two attached hydrogens (primary N) is 1. The van der Waals surface area contributed by atoms with Crippen molar-refractivity contribution in [1.29, 1.82) is 0 Å². The molecule has 22 heavy (non-hydrogen) atoms. The second kappa shape index (κ2) is 8.16. The molecule has 2 unspecified atom stereocenters. The molecule has 0 aromatic heterocycles. The number of hydrogen-bond donors (Lipinski definition) is 2. The number of nitrogens with zero attached hydrogens (tertiary/aromatic N) is 1. The van der Waals surface area contributed by atoms with Crippen LogP contribution in [0.4, 0.5) is 0 Å². The largest absolute Gasteiger partial charge is 0.355 e. The van der Waals surface area contributed by atoms with Crippen molar-refractivity contribution in [2.24, 2.45) is 11.7 Å². The third-order valence-corrected chi connectivity index (χ3v) is 4.80. The molecule has 1 aliphatic heterocycles. The van der Waals surface area contributed by atoms with Crippen LogP contribution < -0.4 is 11.1 Å². The van der Waals surface area contributed by atoms with Crippen LogP contribution in [0, 0.1) is 5.92 Å². The van der Waals surface area contributed by atoms with E-state index >= 15 is 0 Å². The molecule has 1 aromatic rings. The van der Waals surface area contributed by atoms with Gasteiger partial charge >= 0.3 is 0 Å². The Labute approximate surface area is 141 Å². The molecule has 6 heteroatoms. The van der Waals surface area contributed by atoms with Crippen molar-refractivity contribution in [2.75, 3.05) is 26.2 Å². The van der Waals surface area contributed by atoms with Gasteiger partial charge < -0.3 is 11.1 Å². The average molecular weight is 344 g/mol. The third-order valence-electron chi connectivity index (χ3n) is 4.22. The predicted molar refractivity (Wildman–Crippen MR) is 91.2 cm³/mol. The van der Waals surface area contributed by atoms with E-state index in [-0.39, 0.29) is 17.9 Å². The van der Waals surface area contributed by atoms with Gasteiger partial charge in [-0.1, -0.05) is 23.2 Å². The van der Waals surface area contributed by atoms with Gasteiger partial charge in [-0.2, -0.15) is 0 Å². The molecule has 1 saturated heterocycles. The predicted octanol–water partition coefficient (Wildman–Crippen LogP) is 2.84. The summed E-state index contributed by atoms with van der Waals surface area (Å²) in [6.07, 6.45) is 1.92. The van der Waals surface area contributed by atoms with E-state index in [1.807, 2.05) is 12.1 Å². The third kappa shape index (κ3) is 4.35. The standard InChI is InChI=1S/C16H23Cl2N3O/c1-11(14-9-13(17)4-5-15(14)18)21-8-2-3-12(10-21)16(22)20-7-6-19/h4-5,9,11-12H,2-3,6-8,10,19H2,1H3,(H,20,22). The first-order valence-electron chi connectivity index (χ1n) is 7.69. The maximum Gasteiger partial charge on any atom is 0.224 e. The molecule has 3 N–H and O–H groups in total. The topological polar surface area (TPSA) is 58.4 Å². The Morgan fingerprint density at radius 2 is 2.27 bits per heavy atom. The van der Waals surface area contributed by atoms with Crippen molar-refractivity contribution in [2.45, 2.75) is 25.8 Å². The lowest BCUT2D eigenvalue weighted by Gasteiger charge is -2.36. The van der Waals surface area contributed by atoms with E-state index in [0.29, 0.717) is 23.1 Å². The molecule has 0 radical (unpaired) electrons. The first-order chi connectivity index (χ1) is 10.5. The first kappa shape index (κ1) is 17.5. The minimum absolute atomic E-state index is 0.0145. The average Bonchev–Trinajstić information content (AvgIpc) is 2.54. The number of likely N-dealkylation sites (tertiary alicyclic amines) is 1. The molecule has 2 rings (SSSR count). The Morgan fingerprint density at radius 3 is 3.00 bits per heavy atom. The molecule has 1 fully saturated rings. The molecule has 0 saturated carbocycles. The van der Waals surface area contributed by atoms with Gasteiger partial charge in [-0.05, 0) is 50.1 Å². The van der Waals surface area contributed by atoms with Gasteiger partial charge in [-0.3, -0.25) is 9.69 Å². The summed E-state index contributed by atoms with van der Waals surface area (Å²) in [5, 5.41) is 4.28. The molecule has 0 aliphatic carbocycles. The van der Waals surface area contributed by atoms with Gasteiger partial charge in [0.1, 0.15) is 0 Å². The molecule has 1 aromatic carbocycles. The van der Waals surface area contributed by atoms with Crippen LogP contribution in [0.5, 0.6) is 0 Å². The summed E-state index contributed by atoms with van der Waals surface area (Å²) < 4.78 is 0. The Hall–Kier alpha value is -0.810. The van der Waals surface area contributed by atoms with Gasteiger partial charge in [-0.15, -0.1) is 0 Å². The van der Waals surface area contributed by atoms with Crippen molar-refractivity contribution in [3.8, 4) is 0 Å². The number of nitrogens with one attached hydrogen (secondary N) is 1. The summed E-state index contributed by atoms with van der Waals surface area (Å²) >= 11 is 12.4. The van der Waals surface area contributed by atoms with Gasteiger partial charge in [0.25, 0.3) is 0 Å². The maximum absolute atomic E-state index is 12.1. The minimum Gasteiger partial charge on any atom is -0.355 e. The smallest absolute Gasteiger partial charge is 0.224 e. The van der Waals surface area contributed by atoms with E-state index in [1.54, 1.807) is 6.07 Å². The minimum atomic E-state index is 0.0145. The van der Waals surface area contributed by atoms with Crippen LogP contribution in [-0.4, -0.2) is 37.0 Å². The highest BCUT2D eigenvalue weighted by Gasteiger charge is 2.29. The van der Waals surface area contributed by atoms with E-state index in [4.69, 9.17) is 28.9 Å². The van der Waals surface area contributed by atoms with Crippen molar-refractivity contribution in [3.63, 3.8) is 0 Å². The van der Waals surface area contributed by atoms with Gasteiger partial charge in [0.15, 0.2) is 0 Å². The summed E-state index contributed by atoms with van der Waals surface area (Å²) in [5.41, 5.74) is 6.45.